The van der Waals surface area contributed by atoms with E-state index in [9.17, 15) is 4.79 Å². The Hall–Kier alpha value is -2.09. The molecule has 0 unspecified atom stereocenters. The second kappa shape index (κ2) is 7.79. The fraction of sp³-hybridized carbons (Fsp3) is 0.588. The number of carbonyl (C=O) groups is 1. The summed E-state index contributed by atoms with van der Waals surface area (Å²) >= 11 is 0. The SMILES string of the molecule is CN(CC(=O)N(C)C1CCCCCC1)c1ccc(C#N)cn1. The molecule has 0 radical (unpaired) electrons. The molecule has 1 fully saturated rings. The van der Waals surface area contributed by atoms with E-state index in [1.807, 2.05) is 30.0 Å². The van der Waals surface area contributed by atoms with Crippen molar-refractivity contribution in [2.24, 2.45) is 0 Å². The number of amides is 1. The average Bonchev–Trinajstić information content (AvgIpc) is 2.83. The molecule has 5 nitrogen and oxygen atoms in total. The zero-order valence-corrected chi connectivity index (χ0v) is 13.5. The third kappa shape index (κ3) is 4.20. The van der Waals surface area contributed by atoms with Gasteiger partial charge in [-0.1, -0.05) is 25.7 Å². The van der Waals surface area contributed by atoms with Gasteiger partial charge in [0.25, 0.3) is 0 Å². The summed E-state index contributed by atoms with van der Waals surface area (Å²) in [6.07, 6.45) is 8.76. The molecular weight excluding hydrogens is 276 g/mol. The minimum absolute atomic E-state index is 0.126. The van der Waals surface area contributed by atoms with E-state index in [0.29, 0.717) is 24.0 Å². The summed E-state index contributed by atoms with van der Waals surface area (Å²) in [5, 5.41) is 8.79. The van der Waals surface area contributed by atoms with Crippen molar-refractivity contribution < 1.29 is 4.79 Å². The van der Waals surface area contributed by atoms with Crippen LogP contribution in [0, 0.1) is 11.3 Å². The van der Waals surface area contributed by atoms with Crippen LogP contribution in [-0.2, 0) is 4.79 Å². The van der Waals surface area contributed by atoms with Crippen molar-refractivity contribution in [2.75, 3.05) is 25.5 Å². The summed E-state index contributed by atoms with van der Waals surface area (Å²) in [5.74, 6) is 0.835. The highest BCUT2D eigenvalue weighted by molar-refractivity contribution is 5.81. The Balaban J connectivity index is 1.93. The molecule has 0 aliphatic heterocycles. The molecule has 1 saturated carbocycles. The van der Waals surface area contributed by atoms with Crippen molar-refractivity contribution in [2.45, 2.75) is 44.6 Å². The van der Waals surface area contributed by atoms with Gasteiger partial charge in [-0.3, -0.25) is 4.79 Å². The van der Waals surface area contributed by atoms with Gasteiger partial charge in [-0.25, -0.2) is 4.98 Å². The molecule has 1 aliphatic rings. The summed E-state index contributed by atoms with van der Waals surface area (Å²) in [4.78, 5) is 20.4. The second-order valence-electron chi connectivity index (χ2n) is 6.02. The van der Waals surface area contributed by atoms with Crippen LogP contribution < -0.4 is 4.90 Å². The maximum Gasteiger partial charge on any atom is 0.242 e. The van der Waals surface area contributed by atoms with Gasteiger partial charge < -0.3 is 9.80 Å². The van der Waals surface area contributed by atoms with E-state index in [2.05, 4.69) is 4.98 Å². The minimum Gasteiger partial charge on any atom is -0.350 e. The van der Waals surface area contributed by atoms with E-state index in [1.165, 1.54) is 31.9 Å². The number of rotatable bonds is 4. The van der Waals surface area contributed by atoms with Crippen molar-refractivity contribution in [3.63, 3.8) is 0 Å². The number of hydrogen-bond donors (Lipinski definition) is 0. The van der Waals surface area contributed by atoms with Crippen LogP contribution in [0.1, 0.15) is 44.1 Å². The lowest BCUT2D eigenvalue weighted by Gasteiger charge is -2.29. The molecule has 2 rings (SSSR count). The maximum absolute atomic E-state index is 12.5. The van der Waals surface area contributed by atoms with E-state index in [4.69, 9.17) is 5.26 Å². The minimum atomic E-state index is 0.126. The molecule has 1 aliphatic carbocycles. The highest BCUT2D eigenvalue weighted by atomic mass is 16.2. The summed E-state index contributed by atoms with van der Waals surface area (Å²) in [7, 11) is 3.77. The van der Waals surface area contributed by atoms with Gasteiger partial charge in [0, 0.05) is 26.3 Å². The first-order chi connectivity index (χ1) is 10.6. The van der Waals surface area contributed by atoms with Gasteiger partial charge in [-0.2, -0.15) is 5.26 Å². The Morgan fingerprint density at radius 1 is 1.27 bits per heavy atom. The Bertz CT molecular complexity index is 527. The molecular formula is C17H24N4O. The van der Waals surface area contributed by atoms with E-state index in [0.717, 1.165) is 12.8 Å². The van der Waals surface area contributed by atoms with Gasteiger partial charge in [0.2, 0.25) is 5.91 Å². The largest absolute Gasteiger partial charge is 0.350 e. The molecule has 22 heavy (non-hydrogen) atoms. The van der Waals surface area contributed by atoms with Crippen LogP contribution in [-0.4, -0.2) is 42.5 Å². The predicted molar refractivity (Wildman–Crippen MR) is 86.5 cm³/mol. The maximum atomic E-state index is 12.5. The first kappa shape index (κ1) is 16.3. The van der Waals surface area contributed by atoms with Gasteiger partial charge >= 0.3 is 0 Å². The fourth-order valence-corrected chi connectivity index (χ4v) is 2.92. The second-order valence-corrected chi connectivity index (χ2v) is 6.02. The number of hydrogen-bond acceptors (Lipinski definition) is 4. The average molecular weight is 300 g/mol. The van der Waals surface area contributed by atoms with Crippen LogP contribution >= 0.6 is 0 Å². The third-order valence-corrected chi connectivity index (χ3v) is 4.41. The van der Waals surface area contributed by atoms with E-state index in [-0.39, 0.29) is 5.91 Å². The van der Waals surface area contributed by atoms with Crippen LogP contribution in [0.15, 0.2) is 18.3 Å². The first-order valence-corrected chi connectivity index (χ1v) is 7.95. The molecule has 1 heterocycles. The standard InChI is InChI=1S/C17H24N4O/c1-20(16-10-9-14(11-18)12-19-16)13-17(22)21(2)15-7-5-3-4-6-8-15/h9-10,12,15H,3-8,13H2,1-2H3. The fourth-order valence-electron chi connectivity index (χ4n) is 2.92. The molecule has 118 valence electrons. The quantitative estimate of drug-likeness (QED) is 0.802. The lowest BCUT2D eigenvalue weighted by atomic mass is 10.1. The number of likely N-dealkylation sites (N-methyl/N-ethyl adjacent to an activating group) is 2. The Morgan fingerprint density at radius 3 is 2.50 bits per heavy atom. The van der Waals surface area contributed by atoms with E-state index in [1.54, 1.807) is 12.1 Å². The first-order valence-electron chi connectivity index (χ1n) is 7.95. The monoisotopic (exact) mass is 300 g/mol. The molecule has 1 aromatic heterocycles. The third-order valence-electron chi connectivity index (χ3n) is 4.41. The van der Waals surface area contributed by atoms with Crippen LogP contribution in [0.2, 0.25) is 0 Å². The van der Waals surface area contributed by atoms with Crippen LogP contribution in [0.25, 0.3) is 0 Å². The number of carbonyl (C=O) groups excluding carboxylic acids is 1. The molecule has 1 aromatic rings. The van der Waals surface area contributed by atoms with E-state index < -0.39 is 0 Å². The lowest BCUT2D eigenvalue weighted by Crippen LogP contribution is -2.42. The van der Waals surface area contributed by atoms with Gasteiger partial charge in [0.1, 0.15) is 11.9 Å². The molecule has 0 saturated heterocycles. The zero-order chi connectivity index (χ0) is 15.9. The Morgan fingerprint density at radius 2 is 1.95 bits per heavy atom. The summed E-state index contributed by atoms with van der Waals surface area (Å²) in [5.41, 5.74) is 0.527. The topological polar surface area (TPSA) is 60.2 Å². The van der Waals surface area contributed by atoms with Gasteiger partial charge in [0.05, 0.1) is 12.1 Å². The summed E-state index contributed by atoms with van der Waals surface area (Å²) in [6.45, 7) is 0.311. The van der Waals surface area contributed by atoms with Crippen LogP contribution in [0.4, 0.5) is 5.82 Å². The number of pyridine rings is 1. The van der Waals surface area contributed by atoms with Crippen molar-refractivity contribution in [1.29, 1.82) is 5.26 Å². The lowest BCUT2D eigenvalue weighted by molar-refractivity contribution is -0.130. The van der Waals surface area contributed by atoms with Gasteiger partial charge in [0.15, 0.2) is 0 Å². The van der Waals surface area contributed by atoms with Crippen molar-refractivity contribution in [1.82, 2.24) is 9.88 Å². The van der Waals surface area contributed by atoms with Crippen molar-refractivity contribution in [3.8, 4) is 6.07 Å². The number of anilines is 1. The normalized spacial score (nSPS) is 15.7. The smallest absolute Gasteiger partial charge is 0.242 e. The summed E-state index contributed by atoms with van der Waals surface area (Å²) < 4.78 is 0. The Kier molecular flexibility index (Phi) is 5.76. The van der Waals surface area contributed by atoms with Gasteiger partial charge in [-0.15, -0.1) is 0 Å². The van der Waals surface area contributed by atoms with Crippen LogP contribution in [0.5, 0.6) is 0 Å². The van der Waals surface area contributed by atoms with Crippen molar-refractivity contribution >= 4 is 11.7 Å². The predicted octanol–water partition coefficient (Wildman–Crippen LogP) is 2.57. The molecule has 0 atom stereocenters. The summed E-state index contributed by atoms with van der Waals surface area (Å²) in [6, 6.07) is 5.91. The van der Waals surface area contributed by atoms with E-state index >= 15 is 0 Å². The molecule has 1 amide bonds. The number of nitrogens with zero attached hydrogens (tertiary/aromatic N) is 4. The molecule has 0 spiro atoms. The molecule has 0 aromatic carbocycles. The molecule has 0 bridgehead atoms. The number of nitriles is 1. The number of aromatic nitrogens is 1. The van der Waals surface area contributed by atoms with Gasteiger partial charge in [-0.05, 0) is 25.0 Å². The zero-order valence-electron chi connectivity index (χ0n) is 13.5. The highest BCUT2D eigenvalue weighted by Gasteiger charge is 2.22. The molecule has 5 heteroatoms. The molecule has 0 N–H and O–H groups in total. The Labute approximate surface area is 132 Å². The highest BCUT2D eigenvalue weighted by Crippen LogP contribution is 2.21. The van der Waals surface area contributed by atoms with Crippen LogP contribution in [0.3, 0.4) is 0 Å². The van der Waals surface area contributed by atoms with Crippen molar-refractivity contribution in [3.05, 3.63) is 23.9 Å².